The van der Waals surface area contributed by atoms with Crippen LogP contribution in [-0.2, 0) is 0 Å². The van der Waals surface area contributed by atoms with E-state index in [1.165, 1.54) is 6.42 Å². The third-order valence-corrected chi connectivity index (χ3v) is 3.19. The Labute approximate surface area is 87.3 Å². The number of rotatable bonds is 2. The van der Waals surface area contributed by atoms with Crippen LogP contribution in [0.1, 0.15) is 29.8 Å². The van der Waals surface area contributed by atoms with Gasteiger partial charge in [0.2, 0.25) is 0 Å². The molecule has 0 radical (unpaired) electrons. The molecule has 2 atom stereocenters. The lowest BCUT2D eigenvalue weighted by atomic mass is 9.88. The molecule has 0 spiro atoms. The first-order chi connectivity index (χ1) is 7.18. The molecule has 0 aromatic carbocycles. The van der Waals surface area contributed by atoms with Crippen LogP contribution in [0, 0.1) is 0 Å². The molecular formula is C11H25N2+. The summed E-state index contributed by atoms with van der Waals surface area (Å²) in [6, 6.07) is 0.612. The van der Waals surface area contributed by atoms with Crippen LogP contribution in [0.3, 0.4) is 0 Å². The van der Waals surface area contributed by atoms with Gasteiger partial charge in [0.25, 0.3) is 0 Å². The van der Waals surface area contributed by atoms with Gasteiger partial charge in [0.05, 0.1) is 31.2 Å². The van der Waals surface area contributed by atoms with E-state index in [0.29, 0.717) is 6.04 Å². The van der Waals surface area contributed by atoms with Crippen molar-refractivity contribution in [2.24, 2.45) is 0 Å². The summed E-state index contributed by atoms with van der Waals surface area (Å²) >= 11 is 0. The standard InChI is InChI=1S/C11H25N2/c1-12(2)10-8-6-7-9-11(10)13(3,4)5/h10-11H,6-9H2,1-5H3/q+1/t10-,11-/m1/s1/i3D3. The van der Waals surface area contributed by atoms with Crippen LogP contribution < -0.4 is 0 Å². The van der Waals surface area contributed by atoms with Gasteiger partial charge in [-0.3, -0.25) is 0 Å². The number of nitrogens with zero attached hydrogens (tertiary/aromatic N) is 2. The van der Waals surface area contributed by atoms with Crippen LogP contribution in [-0.4, -0.2) is 56.6 Å². The summed E-state index contributed by atoms with van der Waals surface area (Å²) in [5.41, 5.74) is 0. The van der Waals surface area contributed by atoms with Crippen LogP contribution >= 0.6 is 0 Å². The van der Waals surface area contributed by atoms with Gasteiger partial charge in [-0.2, -0.15) is 0 Å². The minimum atomic E-state index is -1.92. The fourth-order valence-corrected chi connectivity index (χ4v) is 2.45. The molecular weight excluding hydrogens is 160 g/mol. The highest BCUT2D eigenvalue weighted by atomic mass is 15.3. The lowest BCUT2D eigenvalue weighted by molar-refractivity contribution is -0.899. The van der Waals surface area contributed by atoms with E-state index in [-0.39, 0.29) is 10.5 Å². The number of hydrogen-bond acceptors (Lipinski definition) is 1. The smallest absolute Gasteiger partial charge is 0.104 e. The van der Waals surface area contributed by atoms with Gasteiger partial charge in [0.1, 0.15) is 6.04 Å². The minimum absolute atomic E-state index is 0.135. The molecule has 1 fully saturated rings. The van der Waals surface area contributed by atoms with Crippen LogP contribution in [0.4, 0.5) is 0 Å². The van der Waals surface area contributed by atoms with E-state index < -0.39 is 6.98 Å². The van der Waals surface area contributed by atoms with E-state index in [0.717, 1.165) is 19.3 Å². The largest absolute Gasteiger partial charge is 0.327 e. The average molecular weight is 188 g/mol. The summed E-state index contributed by atoms with van der Waals surface area (Å²) in [6.45, 7) is -1.92. The molecule has 0 heterocycles. The van der Waals surface area contributed by atoms with Gasteiger partial charge in [-0.1, -0.05) is 6.42 Å². The SMILES string of the molecule is [2H]C([2H])([2H])[N+](C)(C)[C@@H]1CCCC[C@H]1N(C)C. The summed E-state index contributed by atoms with van der Waals surface area (Å²) in [6.07, 6.45) is 4.52. The third-order valence-electron chi connectivity index (χ3n) is 3.19. The highest BCUT2D eigenvalue weighted by Crippen LogP contribution is 2.27. The number of likely N-dealkylation sites (N-methyl/N-ethyl adjacent to an activating group) is 2. The fraction of sp³-hybridized carbons (Fsp3) is 1.00. The first-order valence-electron chi connectivity index (χ1n) is 6.68. The fourth-order valence-electron chi connectivity index (χ4n) is 2.45. The quantitative estimate of drug-likeness (QED) is 0.595. The summed E-state index contributed by atoms with van der Waals surface area (Å²) in [5.74, 6) is 0. The second kappa shape index (κ2) is 3.97. The maximum Gasteiger partial charge on any atom is 0.104 e. The van der Waals surface area contributed by atoms with Crippen molar-refractivity contribution in [1.82, 2.24) is 4.90 Å². The lowest BCUT2D eigenvalue weighted by Crippen LogP contribution is -2.57. The van der Waals surface area contributed by atoms with E-state index in [1.54, 1.807) is 0 Å². The molecule has 0 bridgehead atoms. The topological polar surface area (TPSA) is 3.24 Å². The molecule has 0 unspecified atom stereocenters. The van der Waals surface area contributed by atoms with Gasteiger partial charge in [0, 0.05) is 6.42 Å². The minimum Gasteiger partial charge on any atom is -0.327 e. The zero-order valence-corrected chi connectivity index (χ0v) is 9.38. The van der Waals surface area contributed by atoms with Crippen molar-refractivity contribution in [2.75, 3.05) is 35.2 Å². The first kappa shape index (κ1) is 7.24. The highest BCUT2D eigenvalue weighted by molar-refractivity contribution is 4.81. The number of hydrogen-bond donors (Lipinski definition) is 0. The van der Waals surface area contributed by atoms with Crippen molar-refractivity contribution in [3.05, 3.63) is 0 Å². The molecule has 0 amide bonds. The van der Waals surface area contributed by atoms with Crippen molar-refractivity contribution in [2.45, 2.75) is 37.8 Å². The molecule has 0 saturated heterocycles. The maximum atomic E-state index is 7.69. The summed E-state index contributed by atoms with van der Waals surface area (Å²) in [4.78, 5) is 2.19. The summed E-state index contributed by atoms with van der Waals surface area (Å²) < 4.78 is 23.2. The van der Waals surface area contributed by atoms with Crippen LogP contribution in [0.5, 0.6) is 0 Å². The Morgan fingerprint density at radius 1 is 1.23 bits per heavy atom. The molecule has 0 aromatic heterocycles. The molecule has 1 aliphatic rings. The molecule has 13 heavy (non-hydrogen) atoms. The van der Waals surface area contributed by atoms with Gasteiger partial charge < -0.3 is 9.38 Å². The van der Waals surface area contributed by atoms with Gasteiger partial charge in [-0.15, -0.1) is 0 Å². The molecule has 2 heteroatoms. The Morgan fingerprint density at radius 2 is 1.85 bits per heavy atom. The molecule has 0 aromatic rings. The summed E-state index contributed by atoms with van der Waals surface area (Å²) in [7, 11) is 7.81. The van der Waals surface area contributed by atoms with E-state index in [1.807, 2.05) is 14.1 Å². The Hall–Kier alpha value is -0.0800. The molecule has 0 aliphatic heterocycles. The van der Waals surface area contributed by atoms with Crippen molar-refractivity contribution < 1.29 is 8.60 Å². The van der Waals surface area contributed by atoms with Crippen LogP contribution in [0.15, 0.2) is 0 Å². The average Bonchev–Trinajstić information content (AvgIpc) is 2.16. The molecule has 2 nitrogen and oxygen atoms in total. The van der Waals surface area contributed by atoms with Crippen molar-refractivity contribution >= 4 is 0 Å². The Kier molecular flexibility index (Phi) is 2.21. The monoisotopic (exact) mass is 188 g/mol. The first-order valence-corrected chi connectivity index (χ1v) is 5.18. The second-order valence-corrected chi connectivity index (χ2v) is 4.92. The van der Waals surface area contributed by atoms with Gasteiger partial charge in [0.15, 0.2) is 0 Å². The Balaban J connectivity index is 2.90. The van der Waals surface area contributed by atoms with Crippen molar-refractivity contribution in [3.63, 3.8) is 0 Å². The molecule has 1 aliphatic carbocycles. The van der Waals surface area contributed by atoms with Crippen LogP contribution in [0.25, 0.3) is 0 Å². The third kappa shape index (κ3) is 2.68. The second-order valence-electron chi connectivity index (χ2n) is 4.92. The van der Waals surface area contributed by atoms with Gasteiger partial charge in [-0.05, 0) is 26.9 Å². The predicted molar refractivity (Wildman–Crippen MR) is 57.8 cm³/mol. The summed E-state index contributed by atoms with van der Waals surface area (Å²) in [5, 5.41) is 0. The van der Waals surface area contributed by atoms with Crippen molar-refractivity contribution in [3.8, 4) is 0 Å². The zero-order valence-electron chi connectivity index (χ0n) is 12.4. The van der Waals surface area contributed by atoms with E-state index in [9.17, 15) is 0 Å². The van der Waals surface area contributed by atoms with Gasteiger partial charge >= 0.3 is 0 Å². The van der Waals surface area contributed by atoms with Gasteiger partial charge in [-0.25, -0.2) is 0 Å². The van der Waals surface area contributed by atoms with Crippen molar-refractivity contribution in [1.29, 1.82) is 0 Å². The molecule has 1 saturated carbocycles. The normalized spacial score (nSPS) is 35.3. The number of quaternary nitrogens is 1. The predicted octanol–water partition coefficient (Wildman–Crippen LogP) is 1.57. The highest BCUT2D eigenvalue weighted by Gasteiger charge is 2.35. The molecule has 78 valence electrons. The van der Waals surface area contributed by atoms with E-state index in [2.05, 4.69) is 19.0 Å². The maximum absolute atomic E-state index is 7.69. The molecule has 1 rings (SSSR count). The van der Waals surface area contributed by atoms with E-state index in [4.69, 9.17) is 4.11 Å². The zero-order chi connectivity index (χ0) is 12.6. The molecule has 0 N–H and O–H groups in total. The van der Waals surface area contributed by atoms with Crippen LogP contribution in [0.2, 0.25) is 0 Å². The van der Waals surface area contributed by atoms with E-state index >= 15 is 0 Å². The lowest BCUT2D eigenvalue weighted by Gasteiger charge is -2.44. The Bertz CT molecular complexity index is 236. The Morgan fingerprint density at radius 3 is 2.38 bits per heavy atom.